The molecule has 0 aliphatic heterocycles. The van der Waals surface area contributed by atoms with Crippen LogP contribution in [0.1, 0.15) is 48.3 Å². The molecule has 1 aliphatic carbocycles. The number of amides is 1. The minimum absolute atomic E-state index is 0.0859. The summed E-state index contributed by atoms with van der Waals surface area (Å²) in [6.45, 7) is 2.76. The molecule has 1 N–H and O–H groups in total. The number of thiazole rings is 1. The van der Waals surface area contributed by atoms with Crippen molar-refractivity contribution in [3.8, 4) is 0 Å². The van der Waals surface area contributed by atoms with Gasteiger partial charge in [0, 0.05) is 43.7 Å². The molecule has 2 heterocycles. The quantitative estimate of drug-likeness (QED) is 0.690. The maximum atomic E-state index is 12.2. The van der Waals surface area contributed by atoms with Crippen molar-refractivity contribution in [3.05, 3.63) is 47.0 Å². The number of aromatic nitrogens is 3. The van der Waals surface area contributed by atoms with Crippen molar-refractivity contribution < 1.29 is 4.79 Å². The van der Waals surface area contributed by atoms with E-state index in [1.807, 2.05) is 24.4 Å². The van der Waals surface area contributed by atoms with Gasteiger partial charge in [-0.1, -0.05) is 12.1 Å². The van der Waals surface area contributed by atoms with Crippen molar-refractivity contribution in [2.24, 2.45) is 0 Å². The minimum Gasteiger partial charge on any atom is -0.356 e. The van der Waals surface area contributed by atoms with E-state index in [9.17, 15) is 4.79 Å². The predicted molar refractivity (Wildman–Crippen MR) is 105 cm³/mol. The lowest BCUT2D eigenvalue weighted by molar-refractivity contribution is -0.121. The maximum absolute atomic E-state index is 12.2. The molecule has 26 heavy (non-hydrogen) atoms. The highest BCUT2D eigenvalue weighted by Gasteiger charge is 2.23. The number of nitrogens with one attached hydrogen (secondary N) is 1. The van der Waals surface area contributed by atoms with E-state index < -0.39 is 0 Å². The molecule has 0 atom stereocenters. The van der Waals surface area contributed by atoms with Gasteiger partial charge in [0.15, 0.2) is 0 Å². The van der Waals surface area contributed by atoms with Crippen LogP contribution in [0.15, 0.2) is 30.5 Å². The number of para-hydroxylation sites is 1. The molecule has 6 heteroatoms. The molecule has 0 spiro atoms. The van der Waals surface area contributed by atoms with Crippen molar-refractivity contribution in [2.45, 2.75) is 51.5 Å². The highest BCUT2D eigenvalue weighted by molar-refractivity contribution is 7.18. The van der Waals surface area contributed by atoms with E-state index in [-0.39, 0.29) is 5.91 Å². The molecule has 3 aromatic rings. The molecule has 1 aliphatic rings. The molecule has 0 bridgehead atoms. The van der Waals surface area contributed by atoms with Gasteiger partial charge in [-0.15, -0.1) is 11.3 Å². The van der Waals surface area contributed by atoms with Crippen molar-refractivity contribution in [1.29, 1.82) is 0 Å². The first-order valence-corrected chi connectivity index (χ1v) is 10.2. The minimum atomic E-state index is 0.0859. The molecule has 136 valence electrons. The van der Waals surface area contributed by atoms with Gasteiger partial charge in [0.2, 0.25) is 5.91 Å². The highest BCUT2D eigenvalue weighted by Crippen LogP contribution is 2.33. The zero-order valence-electron chi connectivity index (χ0n) is 15.1. The van der Waals surface area contributed by atoms with Crippen LogP contribution in [0.3, 0.4) is 0 Å². The van der Waals surface area contributed by atoms with Gasteiger partial charge in [-0.3, -0.25) is 4.79 Å². The number of imidazole rings is 1. The number of carbonyl (C=O) groups excluding carboxylic acids is 1. The topological polar surface area (TPSA) is 59.8 Å². The molecule has 1 amide bonds. The first-order valence-electron chi connectivity index (χ1n) is 9.34. The first-order chi connectivity index (χ1) is 12.7. The zero-order valence-corrected chi connectivity index (χ0v) is 15.9. The lowest BCUT2D eigenvalue weighted by atomic mass is 9.92. The SMILES string of the molecule is Cc1cnc(CCNC(=O)CCc2nc3ccccc3s2)n1C1CCC1. The van der Waals surface area contributed by atoms with Gasteiger partial charge >= 0.3 is 0 Å². The van der Waals surface area contributed by atoms with Crippen LogP contribution in [-0.2, 0) is 17.6 Å². The normalized spacial score (nSPS) is 14.5. The van der Waals surface area contributed by atoms with Crippen LogP contribution in [0.4, 0.5) is 0 Å². The Morgan fingerprint density at radius 1 is 1.31 bits per heavy atom. The second-order valence-electron chi connectivity index (χ2n) is 6.95. The molecular weight excluding hydrogens is 344 g/mol. The van der Waals surface area contributed by atoms with Crippen molar-refractivity contribution >= 4 is 27.5 Å². The van der Waals surface area contributed by atoms with E-state index in [4.69, 9.17) is 0 Å². The monoisotopic (exact) mass is 368 g/mol. The number of carbonyl (C=O) groups is 1. The van der Waals surface area contributed by atoms with Crippen LogP contribution in [0.25, 0.3) is 10.2 Å². The Kier molecular flexibility index (Phi) is 5.02. The van der Waals surface area contributed by atoms with Gasteiger partial charge in [-0.05, 0) is 38.3 Å². The Morgan fingerprint density at radius 2 is 2.15 bits per heavy atom. The third kappa shape index (κ3) is 3.65. The van der Waals surface area contributed by atoms with Crippen LogP contribution in [0.5, 0.6) is 0 Å². The molecule has 2 aromatic heterocycles. The summed E-state index contributed by atoms with van der Waals surface area (Å²) < 4.78 is 3.54. The molecule has 1 fully saturated rings. The van der Waals surface area contributed by atoms with Crippen LogP contribution < -0.4 is 5.32 Å². The summed E-state index contributed by atoms with van der Waals surface area (Å²) >= 11 is 1.67. The van der Waals surface area contributed by atoms with Gasteiger partial charge in [-0.2, -0.15) is 0 Å². The summed E-state index contributed by atoms with van der Waals surface area (Å²) in [5, 5.41) is 4.06. The Bertz CT molecular complexity index is 877. The smallest absolute Gasteiger partial charge is 0.220 e. The summed E-state index contributed by atoms with van der Waals surface area (Å²) in [5.41, 5.74) is 2.25. The number of nitrogens with zero attached hydrogens (tertiary/aromatic N) is 3. The third-order valence-corrected chi connectivity index (χ3v) is 6.17. The van der Waals surface area contributed by atoms with E-state index in [2.05, 4.69) is 32.8 Å². The fraction of sp³-hybridized carbons (Fsp3) is 0.450. The molecule has 0 radical (unpaired) electrons. The Morgan fingerprint density at radius 3 is 2.92 bits per heavy atom. The summed E-state index contributed by atoms with van der Waals surface area (Å²) in [6, 6.07) is 8.71. The molecule has 1 aromatic carbocycles. The number of aryl methyl sites for hydroxylation is 2. The molecule has 0 unspecified atom stereocenters. The van der Waals surface area contributed by atoms with Crippen molar-refractivity contribution in [3.63, 3.8) is 0 Å². The zero-order chi connectivity index (χ0) is 17.9. The summed E-state index contributed by atoms with van der Waals surface area (Å²) in [4.78, 5) is 21.3. The van der Waals surface area contributed by atoms with Gasteiger partial charge in [0.25, 0.3) is 0 Å². The average molecular weight is 369 g/mol. The van der Waals surface area contributed by atoms with E-state index in [1.54, 1.807) is 11.3 Å². The van der Waals surface area contributed by atoms with E-state index >= 15 is 0 Å². The fourth-order valence-electron chi connectivity index (χ4n) is 3.47. The predicted octanol–water partition coefficient (Wildman–Crippen LogP) is 3.82. The average Bonchev–Trinajstić information content (AvgIpc) is 3.16. The number of rotatable bonds is 7. The van der Waals surface area contributed by atoms with Gasteiger partial charge in [0.05, 0.1) is 15.2 Å². The van der Waals surface area contributed by atoms with Crippen molar-refractivity contribution in [1.82, 2.24) is 19.9 Å². The summed E-state index contributed by atoms with van der Waals surface area (Å²) in [7, 11) is 0. The van der Waals surface area contributed by atoms with Crippen molar-refractivity contribution in [2.75, 3.05) is 6.54 Å². The second kappa shape index (κ2) is 7.58. The Labute approximate surface area is 157 Å². The van der Waals surface area contributed by atoms with Crippen LogP contribution in [-0.4, -0.2) is 27.0 Å². The first kappa shape index (κ1) is 17.2. The van der Waals surface area contributed by atoms with Crippen LogP contribution >= 0.6 is 11.3 Å². The maximum Gasteiger partial charge on any atom is 0.220 e. The number of hydrogen-bond donors (Lipinski definition) is 1. The number of fused-ring (bicyclic) bond motifs is 1. The Hall–Kier alpha value is -2.21. The summed E-state index contributed by atoms with van der Waals surface area (Å²) in [5.74, 6) is 1.18. The number of benzene rings is 1. The fourth-order valence-corrected chi connectivity index (χ4v) is 4.44. The standard InChI is InChI=1S/C20H24N4OS/c1-14-13-22-18(24(14)15-5-4-6-15)11-12-21-19(25)9-10-20-23-16-7-2-3-8-17(16)26-20/h2-3,7-8,13,15H,4-6,9-12H2,1H3,(H,21,25). The molecule has 1 saturated carbocycles. The van der Waals surface area contributed by atoms with E-state index in [1.165, 1.54) is 29.7 Å². The molecule has 0 saturated heterocycles. The highest BCUT2D eigenvalue weighted by atomic mass is 32.1. The molecular formula is C20H24N4OS. The van der Waals surface area contributed by atoms with E-state index in [0.717, 1.165) is 22.8 Å². The van der Waals surface area contributed by atoms with Gasteiger partial charge in [0.1, 0.15) is 5.82 Å². The van der Waals surface area contributed by atoms with Gasteiger partial charge in [-0.25, -0.2) is 9.97 Å². The van der Waals surface area contributed by atoms with Gasteiger partial charge < -0.3 is 9.88 Å². The third-order valence-electron chi connectivity index (χ3n) is 5.07. The lowest BCUT2D eigenvalue weighted by Crippen LogP contribution is -2.28. The van der Waals surface area contributed by atoms with Crippen LogP contribution in [0, 0.1) is 6.92 Å². The lowest BCUT2D eigenvalue weighted by Gasteiger charge is -2.29. The Balaban J connectivity index is 1.25. The number of hydrogen-bond acceptors (Lipinski definition) is 4. The van der Waals surface area contributed by atoms with E-state index in [0.29, 0.717) is 25.4 Å². The summed E-state index contributed by atoms with van der Waals surface area (Å²) in [6.07, 6.45) is 7.72. The van der Waals surface area contributed by atoms with Crippen LogP contribution in [0.2, 0.25) is 0 Å². The second-order valence-corrected chi connectivity index (χ2v) is 8.06. The largest absolute Gasteiger partial charge is 0.356 e. The molecule has 5 nitrogen and oxygen atoms in total. The molecule has 4 rings (SSSR count).